The van der Waals surface area contributed by atoms with Gasteiger partial charge in [-0.05, 0) is 34.1 Å². The van der Waals surface area contributed by atoms with E-state index in [0.29, 0.717) is 13.2 Å². The van der Waals surface area contributed by atoms with Crippen molar-refractivity contribution in [3.05, 3.63) is 0 Å². The summed E-state index contributed by atoms with van der Waals surface area (Å²) in [5.41, 5.74) is -0.373. The summed E-state index contributed by atoms with van der Waals surface area (Å²) in [5.74, 6) is 0. The first kappa shape index (κ1) is 14.2. The molecule has 1 aliphatic heterocycles. The van der Waals surface area contributed by atoms with E-state index in [1.165, 1.54) is 0 Å². The predicted octanol–water partition coefficient (Wildman–Crippen LogP) is 3.56. The van der Waals surface area contributed by atoms with Gasteiger partial charge in [0.1, 0.15) is 5.60 Å². The normalized spacial score (nSPS) is 34.1. The lowest BCUT2D eigenvalue weighted by molar-refractivity contribution is 0.190. The first-order valence-corrected chi connectivity index (χ1v) is 7.52. The summed E-state index contributed by atoms with van der Waals surface area (Å²) in [7, 11) is -3.17. The minimum Gasteiger partial charge on any atom is -0.350 e. The Balaban J connectivity index is 2.85. The van der Waals surface area contributed by atoms with Crippen LogP contribution < -0.4 is 0 Å². The molecule has 0 spiro atoms. The van der Waals surface area contributed by atoms with Crippen LogP contribution in [0.3, 0.4) is 0 Å². The molecule has 4 nitrogen and oxygen atoms in total. The average molecular weight is 250 g/mol. The zero-order valence-electron chi connectivity index (χ0n) is 10.9. The molecule has 0 unspecified atom stereocenters. The average Bonchev–Trinajstić information content (AvgIpc) is 2.72. The Kier molecular flexibility index (Phi) is 4.23. The molecule has 1 aliphatic rings. The van der Waals surface area contributed by atoms with Gasteiger partial charge in [-0.2, -0.15) is 0 Å². The molecule has 0 amide bonds. The van der Waals surface area contributed by atoms with Gasteiger partial charge in [0.15, 0.2) is 5.34 Å². The molecule has 1 rings (SSSR count). The minimum atomic E-state index is -3.17. The SMILES string of the molecule is CCC[C@]1(C)O[C@]1(C)P(=O)(OCC)OCC. The molecular formula is C11H23O4P. The molecule has 0 aromatic heterocycles. The highest BCUT2D eigenvalue weighted by molar-refractivity contribution is 7.55. The molecule has 1 saturated heterocycles. The second-order valence-electron chi connectivity index (χ2n) is 4.40. The summed E-state index contributed by atoms with van der Waals surface area (Å²) in [6.07, 6.45) is 1.86. The van der Waals surface area contributed by atoms with Gasteiger partial charge in [-0.3, -0.25) is 4.57 Å². The molecule has 96 valence electrons. The molecule has 0 aromatic carbocycles. The Labute approximate surface area is 98.2 Å². The summed E-state index contributed by atoms with van der Waals surface area (Å²) < 4.78 is 29.0. The Morgan fingerprint density at radius 3 is 2.00 bits per heavy atom. The van der Waals surface area contributed by atoms with Crippen LogP contribution in [-0.2, 0) is 18.3 Å². The Morgan fingerprint density at radius 2 is 1.62 bits per heavy atom. The highest BCUT2D eigenvalue weighted by Gasteiger charge is 2.74. The van der Waals surface area contributed by atoms with Crippen LogP contribution in [0.5, 0.6) is 0 Å². The predicted molar refractivity (Wildman–Crippen MR) is 63.7 cm³/mol. The fraction of sp³-hybridized carbons (Fsp3) is 1.00. The fourth-order valence-corrected chi connectivity index (χ4v) is 4.39. The first-order valence-electron chi connectivity index (χ1n) is 5.98. The van der Waals surface area contributed by atoms with Crippen molar-refractivity contribution >= 4 is 7.60 Å². The first-order chi connectivity index (χ1) is 7.39. The molecule has 0 aromatic rings. The van der Waals surface area contributed by atoms with E-state index in [-0.39, 0.29) is 5.60 Å². The zero-order chi connectivity index (χ0) is 12.4. The third kappa shape index (κ3) is 2.08. The van der Waals surface area contributed by atoms with Crippen LogP contribution >= 0.6 is 7.60 Å². The van der Waals surface area contributed by atoms with E-state index in [1.54, 1.807) is 0 Å². The van der Waals surface area contributed by atoms with Gasteiger partial charge in [-0.25, -0.2) is 0 Å². The van der Waals surface area contributed by atoms with Crippen LogP contribution in [0.1, 0.15) is 47.5 Å². The standard InChI is InChI=1S/C11H23O4P/c1-6-9-10(4)11(5,15-10)16(12,13-7-2)14-8-3/h6-9H2,1-5H3/t10-,11+/m0/s1. The number of hydrogen-bond donors (Lipinski definition) is 0. The Morgan fingerprint density at radius 1 is 1.12 bits per heavy atom. The molecule has 0 radical (unpaired) electrons. The van der Waals surface area contributed by atoms with Crippen molar-refractivity contribution in [1.29, 1.82) is 0 Å². The monoisotopic (exact) mass is 250 g/mol. The molecular weight excluding hydrogens is 227 g/mol. The third-order valence-corrected chi connectivity index (χ3v) is 6.02. The summed E-state index contributed by atoms with van der Waals surface area (Å²) in [6, 6.07) is 0. The van der Waals surface area contributed by atoms with Crippen molar-refractivity contribution in [2.75, 3.05) is 13.2 Å². The molecule has 0 saturated carbocycles. The third-order valence-electron chi connectivity index (χ3n) is 3.21. The van der Waals surface area contributed by atoms with Gasteiger partial charge in [0.05, 0.1) is 13.2 Å². The molecule has 1 heterocycles. The van der Waals surface area contributed by atoms with E-state index in [2.05, 4.69) is 6.92 Å². The smallest absolute Gasteiger partial charge is 0.350 e. The van der Waals surface area contributed by atoms with Crippen molar-refractivity contribution in [1.82, 2.24) is 0 Å². The van der Waals surface area contributed by atoms with Gasteiger partial charge >= 0.3 is 7.60 Å². The summed E-state index contributed by atoms with van der Waals surface area (Å²) in [5, 5.41) is -0.776. The number of epoxide rings is 1. The van der Waals surface area contributed by atoms with Gasteiger partial charge in [-0.15, -0.1) is 0 Å². The molecule has 16 heavy (non-hydrogen) atoms. The van der Waals surface area contributed by atoms with Gasteiger partial charge in [0.25, 0.3) is 0 Å². The second kappa shape index (κ2) is 4.77. The molecule has 1 fully saturated rings. The Hall–Kier alpha value is 0.110. The summed E-state index contributed by atoms with van der Waals surface area (Å²) >= 11 is 0. The van der Waals surface area contributed by atoms with E-state index >= 15 is 0 Å². The number of ether oxygens (including phenoxy) is 1. The number of hydrogen-bond acceptors (Lipinski definition) is 4. The van der Waals surface area contributed by atoms with Crippen molar-refractivity contribution in [3.8, 4) is 0 Å². The van der Waals surface area contributed by atoms with E-state index in [0.717, 1.165) is 12.8 Å². The lowest BCUT2D eigenvalue weighted by Gasteiger charge is -2.23. The van der Waals surface area contributed by atoms with Gasteiger partial charge in [0, 0.05) is 0 Å². The lowest BCUT2D eigenvalue weighted by atomic mass is 10.0. The maximum Gasteiger partial charge on any atom is 0.364 e. The van der Waals surface area contributed by atoms with Gasteiger partial charge in [0.2, 0.25) is 0 Å². The molecule has 0 aliphatic carbocycles. The van der Waals surface area contributed by atoms with Crippen molar-refractivity contribution in [2.24, 2.45) is 0 Å². The molecule has 0 bridgehead atoms. The van der Waals surface area contributed by atoms with Crippen molar-refractivity contribution < 1.29 is 18.3 Å². The van der Waals surface area contributed by atoms with Crippen LogP contribution in [0.15, 0.2) is 0 Å². The fourth-order valence-electron chi connectivity index (χ4n) is 2.14. The topological polar surface area (TPSA) is 48.1 Å². The van der Waals surface area contributed by atoms with Crippen LogP contribution in [0.2, 0.25) is 0 Å². The van der Waals surface area contributed by atoms with Gasteiger partial charge in [-0.1, -0.05) is 13.3 Å². The van der Waals surface area contributed by atoms with E-state index in [9.17, 15) is 4.57 Å². The van der Waals surface area contributed by atoms with E-state index in [4.69, 9.17) is 13.8 Å². The zero-order valence-corrected chi connectivity index (χ0v) is 11.8. The van der Waals surface area contributed by atoms with E-state index < -0.39 is 12.9 Å². The minimum absolute atomic E-state index is 0.373. The summed E-state index contributed by atoms with van der Waals surface area (Å²) in [6.45, 7) is 10.3. The molecule has 5 heteroatoms. The van der Waals surface area contributed by atoms with Crippen LogP contribution in [0, 0.1) is 0 Å². The summed E-state index contributed by atoms with van der Waals surface area (Å²) in [4.78, 5) is 0. The Bertz CT molecular complexity index is 284. The van der Waals surface area contributed by atoms with Crippen LogP contribution in [-0.4, -0.2) is 24.2 Å². The molecule has 0 N–H and O–H groups in total. The second-order valence-corrected chi connectivity index (χ2v) is 6.76. The highest BCUT2D eigenvalue weighted by Crippen LogP contribution is 2.75. The highest BCUT2D eigenvalue weighted by atomic mass is 31.2. The van der Waals surface area contributed by atoms with E-state index in [1.807, 2.05) is 27.7 Å². The van der Waals surface area contributed by atoms with Crippen LogP contribution in [0.4, 0.5) is 0 Å². The quantitative estimate of drug-likeness (QED) is 0.512. The largest absolute Gasteiger partial charge is 0.364 e. The van der Waals surface area contributed by atoms with Crippen molar-refractivity contribution in [3.63, 3.8) is 0 Å². The maximum absolute atomic E-state index is 12.6. The molecule has 2 atom stereocenters. The number of rotatable bonds is 7. The lowest BCUT2D eigenvalue weighted by Crippen LogP contribution is -2.22. The van der Waals surface area contributed by atoms with Crippen molar-refractivity contribution in [2.45, 2.75) is 58.4 Å². The van der Waals surface area contributed by atoms with Gasteiger partial charge < -0.3 is 13.8 Å². The maximum atomic E-state index is 12.6. The van der Waals surface area contributed by atoms with Crippen LogP contribution in [0.25, 0.3) is 0 Å².